The number of carbonyl (C=O) groups excluding carboxylic acids is 2. The largest absolute Gasteiger partial charge is 0.479 e. The van der Waals surface area contributed by atoms with Gasteiger partial charge in [-0.3, -0.25) is 14.5 Å². The zero-order valence-electron chi connectivity index (χ0n) is 13.5. The number of amides is 2. The summed E-state index contributed by atoms with van der Waals surface area (Å²) in [6.45, 7) is 0.158. The summed E-state index contributed by atoms with van der Waals surface area (Å²) in [6, 6.07) is 15.9. The van der Waals surface area contributed by atoms with Crippen LogP contribution in [-0.4, -0.2) is 22.7 Å². The number of hydrogen-bond acceptors (Lipinski definition) is 5. The Hall–Kier alpha value is -2.75. The first-order valence-electron chi connectivity index (χ1n) is 7.66. The van der Waals surface area contributed by atoms with Gasteiger partial charge in [0.2, 0.25) is 0 Å². The second-order valence-electron chi connectivity index (χ2n) is 5.41. The molecule has 2 aromatic carbocycles. The van der Waals surface area contributed by atoms with Crippen LogP contribution in [0, 0.1) is 11.3 Å². The van der Waals surface area contributed by atoms with Crippen molar-refractivity contribution >= 4 is 40.6 Å². The number of imide groups is 1. The minimum absolute atomic E-state index is 0.0261. The summed E-state index contributed by atoms with van der Waals surface area (Å²) in [5, 5.41) is 8.75. The van der Waals surface area contributed by atoms with Crippen LogP contribution < -0.4 is 4.74 Å². The highest BCUT2D eigenvalue weighted by Crippen LogP contribution is 2.33. The molecule has 1 aliphatic rings. The van der Waals surface area contributed by atoms with Gasteiger partial charge in [0.15, 0.2) is 6.61 Å². The van der Waals surface area contributed by atoms with E-state index in [4.69, 9.17) is 21.6 Å². The van der Waals surface area contributed by atoms with Crippen molar-refractivity contribution in [2.24, 2.45) is 0 Å². The Morgan fingerprint density at radius 1 is 1.19 bits per heavy atom. The van der Waals surface area contributed by atoms with E-state index in [1.165, 1.54) is 4.90 Å². The van der Waals surface area contributed by atoms with Gasteiger partial charge in [-0.1, -0.05) is 35.9 Å². The molecule has 0 atom stereocenters. The number of halogens is 1. The Bertz CT molecular complexity index is 919. The lowest BCUT2D eigenvalue weighted by atomic mass is 10.2. The summed E-state index contributed by atoms with van der Waals surface area (Å²) >= 11 is 6.86. The third-order valence-corrected chi connectivity index (χ3v) is 4.73. The van der Waals surface area contributed by atoms with Crippen molar-refractivity contribution in [3.63, 3.8) is 0 Å². The molecule has 0 spiro atoms. The van der Waals surface area contributed by atoms with E-state index in [1.807, 2.05) is 12.1 Å². The van der Waals surface area contributed by atoms with E-state index in [-0.39, 0.29) is 24.3 Å². The Balaban J connectivity index is 1.73. The summed E-state index contributed by atoms with van der Waals surface area (Å²) < 4.78 is 5.18. The Labute approximate surface area is 159 Å². The molecule has 0 bridgehead atoms. The van der Waals surface area contributed by atoms with Crippen LogP contribution in [0.3, 0.4) is 0 Å². The number of thioether (sulfide) groups is 1. The molecular formula is C19H13ClN2O3S. The van der Waals surface area contributed by atoms with Crippen LogP contribution in [-0.2, 0) is 11.3 Å². The standard InChI is InChI=1S/C19H13ClN2O3S/c20-15-3-1-2-14(10-15)12-22-18(23)17(26-19(22)24)11-13-4-6-16(7-5-13)25-9-8-21/h1-7,10-11H,9,12H2/b17-11-. The number of nitrogens with zero attached hydrogens (tertiary/aromatic N) is 2. The highest BCUT2D eigenvalue weighted by molar-refractivity contribution is 8.18. The van der Waals surface area contributed by atoms with Crippen LogP contribution in [0.25, 0.3) is 6.08 Å². The number of rotatable bonds is 5. The van der Waals surface area contributed by atoms with E-state index in [1.54, 1.807) is 48.5 Å². The van der Waals surface area contributed by atoms with Crippen molar-refractivity contribution in [3.05, 3.63) is 69.6 Å². The molecule has 3 rings (SSSR count). The fourth-order valence-corrected chi connectivity index (χ4v) is 3.43. The van der Waals surface area contributed by atoms with Gasteiger partial charge in [0.05, 0.1) is 11.4 Å². The Morgan fingerprint density at radius 2 is 1.96 bits per heavy atom. The molecule has 2 amide bonds. The molecule has 130 valence electrons. The van der Waals surface area contributed by atoms with E-state index in [0.717, 1.165) is 22.9 Å². The number of benzene rings is 2. The van der Waals surface area contributed by atoms with Crippen LogP contribution in [0.15, 0.2) is 53.4 Å². The van der Waals surface area contributed by atoms with Gasteiger partial charge in [-0.25, -0.2) is 0 Å². The van der Waals surface area contributed by atoms with E-state index in [0.29, 0.717) is 15.7 Å². The monoisotopic (exact) mass is 384 g/mol. The molecule has 0 unspecified atom stereocenters. The minimum Gasteiger partial charge on any atom is -0.479 e. The topological polar surface area (TPSA) is 70.4 Å². The molecule has 0 saturated carbocycles. The van der Waals surface area contributed by atoms with Crippen molar-refractivity contribution < 1.29 is 14.3 Å². The van der Waals surface area contributed by atoms with E-state index < -0.39 is 0 Å². The molecule has 7 heteroatoms. The molecule has 1 saturated heterocycles. The summed E-state index contributed by atoms with van der Waals surface area (Å²) in [5.74, 6) is 0.238. The molecule has 1 aliphatic heterocycles. The molecule has 1 heterocycles. The third-order valence-electron chi connectivity index (χ3n) is 3.58. The summed E-state index contributed by atoms with van der Waals surface area (Å²) in [6.07, 6.45) is 1.66. The first-order chi connectivity index (χ1) is 12.6. The number of carbonyl (C=O) groups is 2. The average Bonchev–Trinajstić information content (AvgIpc) is 2.89. The first kappa shape index (κ1) is 18.1. The predicted molar refractivity (Wildman–Crippen MR) is 101 cm³/mol. The lowest BCUT2D eigenvalue weighted by molar-refractivity contribution is -0.123. The van der Waals surface area contributed by atoms with Crippen molar-refractivity contribution in [1.29, 1.82) is 5.26 Å². The van der Waals surface area contributed by atoms with E-state index in [2.05, 4.69) is 0 Å². The van der Waals surface area contributed by atoms with Gasteiger partial charge in [-0.2, -0.15) is 5.26 Å². The third kappa shape index (κ3) is 4.26. The van der Waals surface area contributed by atoms with Crippen LogP contribution >= 0.6 is 23.4 Å². The van der Waals surface area contributed by atoms with Gasteiger partial charge < -0.3 is 4.74 Å². The van der Waals surface area contributed by atoms with Crippen LogP contribution in [0.2, 0.25) is 5.02 Å². The summed E-state index contributed by atoms with van der Waals surface area (Å²) in [5.41, 5.74) is 1.56. The number of nitriles is 1. The van der Waals surface area contributed by atoms with Gasteiger partial charge in [-0.05, 0) is 53.2 Å². The van der Waals surface area contributed by atoms with Gasteiger partial charge >= 0.3 is 0 Å². The number of ether oxygens (including phenoxy) is 1. The fraction of sp³-hybridized carbons (Fsp3) is 0.105. The molecule has 0 radical (unpaired) electrons. The predicted octanol–water partition coefficient (Wildman–Crippen LogP) is 4.48. The maximum absolute atomic E-state index is 12.5. The smallest absolute Gasteiger partial charge is 0.293 e. The second kappa shape index (κ2) is 8.09. The molecule has 0 aromatic heterocycles. The van der Waals surface area contributed by atoms with E-state index in [9.17, 15) is 9.59 Å². The molecule has 0 aliphatic carbocycles. The first-order valence-corrected chi connectivity index (χ1v) is 8.86. The highest BCUT2D eigenvalue weighted by atomic mass is 35.5. The van der Waals surface area contributed by atoms with Crippen molar-refractivity contribution in [3.8, 4) is 11.8 Å². The molecular weight excluding hydrogens is 372 g/mol. The lowest BCUT2D eigenvalue weighted by Gasteiger charge is -2.12. The van der Waals surface area contributed by atoms with Crippen molar-refractivity contribution in [2.75, 3.05) is 6.61 Å². The highest BCUT2D eigenvalue weighted by Gasteiger charge is 2.34. The SMILES string of the molecule is N#CCOc1ccc(/C=C2\SC(=O)N(Cc3cccc(Cl)c3)C2=O)cc1. The zero-order chi connectivity index (χ0) is 18.5. The quantitative estimate of drug-likeness (QED) is 0.711. The number of hydrogen-bond donors (Lipinski definition) is 0. The average molecular weight is 385 g/mol. The van der Waals surface area contributed by atoms with Crippen LogP contribution in [0.5, 0.6) is 5.75 Å². The van der Waals surface area contributed by atoms with Gasteiger partial charge in [0.1, 0.15) is 11.8 Å². The molecule has 2 aromatic rings. The maximum atomic E-state index is 12.5. The van der Waals surface area contributed by atoms with Crippen LogP contribution in [0.1, 0.15) is 11.1 Å². The summed E-state index contributed by atoms with van der Waals surface area (Å²) in [4.78, 5) is 26.3. The van der Waals surface area contributed by atoms with Crippen LogP contribution in [0.4, 0.5) is 4.79 Å². The second-order valence-corrected chi connectivity index (χ2v) is 6.84. The molecule has 5 nitrogen and oxygen atoms in total. The Morgan fingerprint density at radius 3 is 2.65 bits per heavy atom. The van der Waals surface area contributed by atoms with E-state index >= 15 is 0 Å². The molecule has 1 fully saturated rings. The summed E-state index contributed by atoms with van der Waals surface area (Å²) in [7, 11) is 0. The van der Waals surface area contributed by atoms with Crippen molar-refractivity contribution in [1.82, 2.24) is 4.90 Å². The van der Waals surface area contributed by atoms with Gasteiger partial charge in [-0.15, -0.1) is 0 Å². The molecule has 0 N–H and O–H groups in total. The van der Waals surface area contributed by atoms with Gasteiger partial charge in [0, 0.05) is 5.02 Å². The maximum Gasteiger partial charge on any atom is 0.293 e. The fourth-order valence-electron chi connectivity index (χ4n) is 2.38. The van der Waals surface area contributed by atoms with Crippen molar-refractivity contribution in [2.45, 2.75) is 6.54 Å². The molecule has 26 heavy (non-hydrogen) atoms. The normalized spacial score (nSPS) is 15.4. The van der Waals surface area contributed by atoms with Gasteiger partial charge in [0.25, 0.3) is 11.1 Å². The zero-order valence-corrected chi connectivity index (χ0v) is 15.1. The Kier molecular flexibility index (Phi) is 5.61. The lowest BCUT2D eigenvalue weighted by Crippen LogP contribution is -2.27. The minimum atomic E-state index is -0.329.